The van der Waals surface area contributed by atoms with Gasteiger partial charge in [-0.1, -0.05) is 12.1 Å². The van der Waals surface area contributed by atoms with Crippen LogP contribution in [-0.2, 0) is 4.74 Å². The molecule has 1 aliphatic rings. The molecule has 0 unspecified atom stereocenters. The maximum Gasteiger partial charge on any atom is 0.255 e. The third kappa shape index (κ3) is 5.48. The summed E-state index contributed by atoms with van der Waals surface area (Å²) in [6.07, 6.45) is 4.57. The summed E-state index contributed by atoms with van der Waals surface area (Å²) in [4.78, 5) is 31.0. The Morgan fingerprint density at radius 3 is 2.62 bits per heavy atom. The Kier molecular flexibility index (Phi) is 7.48. The fourth-order valence-corrected chi connectivity index (χ4v) is 3.52. The summed E-state index contributed by atoms with van der Waals surface area (Å²) in [7, 11) is 0. The average Bonchev–Trinajstić information content (AvgIpc) is 2.77. The van der Waals surface area contributed by atoms with Crippen LogP contribution in [0.25, 0.3) is 11.1 Å². The van der Waals surface area contributed by atoms with Crippen molar-refractivity contribution < 1.29 is 14.3 Å². The summed E-state index contributed by atoms with van der Waals surface area (Å²) < 4.78 is 5.29. The molecule has 0 saturated carbocycles. The standard InChI is InChI=1S/C21H26N4O3S/c1-29-12-2-7-23-20(26)18-13-17(14-24-19(18)22)15-3-5-16(6-4-15)21(27)25-8-10-28-11-9-25/h3-6,13-14H,2,7-12H2,1H3,(H2,22,24)(H,23,26). The van der Waals surface area contributed by atoms with Gasteiger partial charge in [0.2, 0.25) is 0 Å². The van der Waals surface area contributed by atoms with Crippen LogP contribution in [0.1, 0.15) is 27.1 Å². The molecule has 1 aliphatic heterocycles. The molecule has 0 bridgehead atoms. The van der Waals surface area contributed by atoms with Crippen LogP contribution in [-0.4, -0.2) is 66.6 Å². The SMILES string of the molecule is CSCCCNC(=O)c1cc(-c2ccc(C(=O)N3CCOCC3)cc2)cnc1N. The van der Waals surface area contributed by atoms with Crippen molar-refractivity contribution in [3.63, 3.8) is 0 Å². The maximum absolute atomic E-state index is 12.6. The van der Waals surface area contributed by atoms with E-state index < -0.39 is 0 Å². The van der Waals surface area contributed by atoms with Gasteiger partial charge in [0, 0.05) is 37.0 Å². The molecule has 1 aromatic heterocycles. The summed E-state index contributed by atoms with van der Waals surface area (Å²) in [5.41, 5.74) is 8.55. The van der Waals surface area contributed by atoms with E-state index in [0.29, 0.717) is 44.0 Å². The fourth-order valence-electron chi connectivity index (χ4n) is 3.08. The van der Waals surface area contributed by atoms with E-state index in [0.717, 1.165) is 23.3 Å². The zero-order chi connectivity index (χ0) is 20.6. The third-order valence-electron chi connectivity index (χ3n) is 4.74. The molecule has 0 atom stereocenters. The molecular formula is C21H26N4O3S. The highest BCUT2D eigenvalue weighted by Crippen LogP contribution is 2.23. The monoisotopic (exact) mass is 414 g/mol. The molecule has 154 valence electrons. The van der Waals surface area contributed by atoms with Gasteiger partial charge in [-0.2, -0.15) is 11.8 Å². The van der Waals surface area contributed by atoms with Crippen LogP contribution in [0.4, 0.5) is 5.82 Å². The third-order valence-corrected chi connectivity index (χ3v) is 5.43. The van der Waals surface area contributed by atoms with Crippen molar-refractivity contribution in [3.05, 3.63) is 47.7 Å². The van der Waals surface area contributed by atoms with Gasteiger partial charge in [0.05, 0.1) is 18.8 Å². The lowest BCUT2D eigenvalue weighted by atomic mass is 10.0. The lowest BCUT2D eigenvalue weighted by molar-refractivity contribution is 0.0303. The van der Waals surface area contributed by atoms with E-state index in [1.165, 1.54) is 0 Å². The molecule has 1 aromatic carbocycles. The minimum absolute atomic E-state index is 0.000547. The van der Waals surface area contributed by atoms with Crippen molar-refractivity contribution in [3.8, 4) is 11.1 Å². The summed E-state index contributed by atoms with van der Waals surface area (Å²) in [6.45, 7) is 2.96. The molecule has 8 heteroatoms. The summed E-state index contributed by atoms with van der Waals surface area (Å²) in [5, 5.41) is 2.88. The topological polar surface area (TPSA) is 97.5 Å². The summed E-state index contributed by atoms with van der Waals surface area (Å²) >= 11 is 1.74. The molecule has 2 heterocycles. The van der Waals surface area contributed by atoms with Gasteiger partial charge in [0.25, 0.3) is 11.8 Å². The minimum atomic E-state index is -0.225. The van der Waals surface area contributed by atoms with Crippen molar-refractivity contribution in [1.29, 1.82) is 0 Å². The molecule has 1 fully saturated rings. The Balaban J connectivity index is 1.71. The number of thioether (sulfide) groups is 1. The molecule has 2 aromatic rings. The Morgan fingerprint density at radius 1 is 1.21 bits per heavy atom. The van der Waals surface area contributed by atoms with Crippen LogP contribution in [0.3, 0.4) is 0 Å². The number of rotatable bonds is 7. The van der Waals surface area contributed by atoms with Crippen LogP contribution >= 0.6 is 11.8 Å². The van der Waals surface area contributed by atoms with Crippen molar-refractivity contribution in [2.45, 2.75) is 6.42 Å². The molecule has 2 amide bonds. The van der Waals surface area contributed by atoms with Crippen LogP contribution in [0.2, 0.25) is 0 Å². The van der Waals surface area contributed by atoms with Crippen LogP contribution in [0.15, 0.2) is 36.5 Å². The van der Waals surface area contributed by atoms with E-state index in [-0.39, 0.29) is 17.6 Å². The number of morpholine rings is 1. The summed E-state index contributed by atoms with van der Waals surface area (Å²) in [6, 6.07) is 9.06. The van der Waals surface area contributed by atoms with Crippen LogP contribution in [0, 0.1) is 0 Å². The van der Waals surface area contributed by atoms with E-state index in [9.17, 15) is 9.59 Å². The number of carbonyl (C=O) groups excluding carboxylic acids is 2. The van der Waals surface area contributed by atoms with Gasteiger partial charge >= 0.3 is 0 Å². The molecule has 3 N–H and O–H groups in total. The number of nitrogen functional groups attached to an aromatic ring is 1. The Bertz CT molecular complexity index is 852. The van der Waals surface area contributed by atoms with E-state index in [2.05, 4.69) is 10.3 Å². The van der Waals surface area contributed by atoms with E-state index >= 15 is 0 Å². The number of nitrogens with one attached hydrogen (secondary N) is 1. The normalized spacial score (nSPS) is 13.9. The number of hydrogen-bond acceptors (Lipinski definition) is 6. The van der Waals surface area contributed by atoms with Gasteiger partial charge in [0.1, 0.15) is 5.82 Å². The number of carbonyl (C=O) groups is 2. The smallest absolute Gasteiger partial charge is 0.255 e. The van der Waals surface area contributed by atoms with Gasteiger partial charge < -0.3 is 20.7 Å². The molecule has 29 heavy (non-hydrogen) atoms. The van der Waals surface area contributed by atoms with Gasteiger partial charge in [-0.3, -0.25) is 9.59 Å². The van der Waals surface area contributed by atoms with Gasteiger partial charge in [-0.05, 0) is 42.2 Å². The first-order valence-corrected chi connectivity index (χ1v) is 11.0. The Morgan fingerprint density at radius 2 is 1.93 bits per heavy atom. The molecule has 1 saturated heterocycles. The molecule has 3 rings (SSSR count). The Labute approximate surface area is 175 Å². The number of ether oxygens (including phenoxy) is 1. The fraction of sp³-hybridized carbons (Fsp3) is 0.381. The van der Waals surface area contributed by atoms with Gasteiger partial charge in [-0.25, -0.2) is 4.98 Å². The predicted molar refractivity (Wildman–Crippen MR) is 116 cm³/mol. The molecule has 0 spiro atoms. The highest BCUT2D eigenvalue weighted by Gasteiger charge is 2.18. The quantitative estimate of drug-likeness (QED) is 0.675. The first kappa shape index (κ1) is 21.1. The second-order valence-corrected chi connectivity index (χ2v) is 7.73. The lowest BCUT2D eigenvalue weighted by Gasteiger charge is -2.26. The average molecular weight is 415 g/mol. The largest absolute Gasteiger partial charge is 0.383 e. The van der Waals surface area contributed by atoms with Crippen LogP contribution in [0.5, 0.6) is 0 Å². The number of benzene rings is 1. The van der Waals surface area contributed by atoms with E-state index in [1.54, 1.807) is 41.1 Å². The summed E-state index contributed by atoms with van der Waals surface area (Å²) in [5.74, 6) is 0.969. The highest BCUT2D eigenvalue weighted by molar-refractivity contribution is 7.98. The van der Waals surface area contributed by atoms with Crippen molar-refractivity contribution >= 4 is 29.4 Å². The number of nitrogens with two attached hydrogens (primary N) is 1. The number of hydrogen-bond donors (Lipinski definition) is 2. The van der Waals surface area contributed by atoms with Crippen molar-refractivity contribution in [1.82, 2.24) is 15.2 Å². The number of aromatic nitrogens is 1. The maximum atomic E-state index is 12.6. The number of nitrogens with zero attached hydrogens (tertiary/aromatic N) is 2. The number of amides is 2. The predicted octanol–water partition coefficient (Wildman–Crippen LogP) is 2.29. The highest BCUT2D eigenvalue weighted by atomic mass is 32.2. The molecular weight excluding hydrogens is 388 g/mol. The molecule has 0 radical (unpaired) electrons. The van der Waals surface area contributed by atoms with Gasteiger partial charge in [0.15, 0.2) is 0 Å². The van der Waals surface area contributed by atoms with Gasteiger partial charge in [-0.15, -0.1) is 0 Å². The number of pyridine rings is 1. The second kappa shape index (κ2) is 10.3. The van der Waals surface area contributed by atoms with E-state index in [4.69, 9.17) is 10.5 Å². The zero-order valence-electron chi connectivity index (χ0n) is 16.5. The van der Waals surface area contributed by atoms with Crippen LogP contribution < -0.4 is 11.1 Å². The first-order chi connectivity index (χ1) is 14.1. The van der Waals surface area contributed by atoms with Crippen molar-refractivity contribution in [2.24, 2.45) is 0 Å². The Hall–Kier alpha value is -2.58. The number of anilines is 1. The molecule has 7 nitrogen and oxygen atoms in total. The zero-order valence-corrected chi connectivity index (χ0v) is 17.3. The van der Waals surface area contributed by atoms with E-state index in [1.807, 2.05) is 18.4 Å². The molecule has 0 aliphatic carbocycles. The lowest BCUT2D eigenvalue weighted by Crippen LogP contribution is -2.40. The second-order valence-electron chi connectivity index (χ2n) is 6.74. The minimum Gasteiger partial charge on any atom is -0.383 e. The van der Waals surface area contributed by atoms with Crippen molar-refractivity contribution in [2.75, 3.05) is 50.6 Å². The first-order valence-electron chi connectivity index (χ1n) is 9.60.